The van der Waals surface area contributed by atoms with Crippen LogP contribution in [0.15, 0.2) is 11.6 Å². The van der Waals surface area contributed by atoms with E-state index in [0.29, 0.717) is 54.5 Å². The molecule has 2 rings (SSSR count). The minimum atomic E-state index is -0.862. The largest absolute Gasteiger partial charge is 0.496 e. The fraction of sp³-hybridized carbons (Fsp3) is 0.794. The van der Waals surface area contributed by atoms with Crippen molar-refractivity contribution in [2.75, 3.05) is 34.2 Å². The van der Waals surface area contributed by atoms with Crippen molar-refractivity contribution in [1.29, 1.82) is 0 Å². The Hall–Kier alpha value is -4.62. The van der Waals surface area contributed by atoms with Crippen LogP contribution in [0.3, 0.4) is 0 Å². The van der Waals surface area contributed by atoms with Gasteiger partial charge >= 0.3 is 35.8 Å². The highest BCUT2D eigenvalue weighted by Gasteiger charge is 2.33. The Bertz CT molecular complexity index is 1910. The van der Waals surface area contributed by atoms with Crippen molar-refractivity contribution < 1.29 is 66.7 Å². The number of esters is 6. The SMILES string of the molecule is CCCCCCCCCCCCCCCC(=O)OCC(COC(=O)CCCCCCCCCCCCCCC)OC(=O)CC(C)CCCCCCCC(C)C(=O)OCOc1c(C/C=C(\C)CCC(=O)OC)c(OC)c(C)c2c1C(=O)OC2. The smallest absolute Gasteiger partial charge is 0.342 e. The summed E-state index contributed by atoms with van der Waals surface area (Å²) in [6, 6.07) is 0. The van der Waals surface area contributed by atoms with E-state index in [0.717, 1.165) is 88.2 Å². The van der Waals surface area contributed by atoms with Gasteiger partial charge in [0.05, 0.1) is 20.1 Å². The molecule has 1 aromatic carbocycles. The molecule has 0 spiro atoms. The highest BCUT2D eigenvalue weighted by molar-refractivity contribution is 5.98. The van der Waals surface area contributed by atoms with Gasteiger partial charge in [0.1, 0.15) is 36.9 Å². The van der Waals surface area contributed by atoms with Gasteiger partial charge in [-0.05, 0) is 57.4 Å². The molecule has 14 heteroatoms. The van der Waals surface area contributed by atoms with Crippen LogP contribution < -0.4 is 9.47 Å². The first-order chi connectivity index (χ1) is 39.8. The van der Waals surface area contributed by atoms with Gasteiger partial charge in [0.25, 0.3) is 0 Å². The molecule has 0 radical (unpaired) electrons. The van der Waals surface area contributed by atoms with E-state index in [4.69, 9.17) is 37.9 Å². The Kier molecular flexibility index (Phi) is 42.8. The van der Waals surface area contributed by atoms with Crippen molar-refractivity contribution in [2.24, 2.45) is 11.8 Å². The molecule has 1 aliphatic heterocycles. The van der Waals surface area contributed by atoms with Crippen LogP contribution in [0.1, 0.15) is 306 Å². The molecule has 1 aromatic rings. The number of carbonyl (C=O) groups excluding carboxylic acids is 6. The number of unbranched alkanes of at least 4 members (excludes halogenated alkanes) is 28. The Morgan fingerprint density at radius 3 is 1.49 bits per heavy atom. The van der Waals surface area contributed by atoms with Gasteiger partial charge in [-0.15, -0.1) is 0 Å². The molecule has 0 N–H and O–H groups in total. The van der Waals surface area contributed by atoms with Gasteiger partial charge in [-0.25, -0.2) is 4.79 Å². The van der Waals surface area contributed by atoms with E-state index in [2.05, 4.69) is 13.8 Å². The van der Waals surface area contributed by atoms with Crippen LogP contribution in [0.4, 0.5) is 0 Å². The van der Waals surface area contributed by atoms with Gasteiger partial charge < -0.3 is 37.9 Å². The lowest BCUT2D eigenvalue weighted by Crippen LogP contribution is -2.31. The van der Waals surface area contributed by atoms with Crippen molar-refractivity contribution in [3.05, 3.63) is 33.9 Å². The van der Waals surface area contributed by atoms with Crippen molar-refractivity contribution in [3.8, 4) is 11.5 Å². The summed E-state index contributed by atoms with van der Waals surface area (Å²) in [6.45, 7) is 11.6. The molecule has 14 nitrogen and oxygen atoms in total. The summed E-state index contributed by atoms with van der Waals surface area (Å²) in [7, 11) is 2.91. The molecule has 2 atom stereocenters. The van der Waals surface area contributed by atoms with Crippen LogP contribution >= 0.6 is 0 Å². The lowest BCUT2D eigenvalue weighted by Gasteiger charge is -2.20. The van der Waals surface area contributed by atoms with E-state index in [9.17, 15) is 28.8 Å². The summed E-state index contributed by atoms with van der Waals surface area (Å²) >= 11 is 0. The summed E-state index contributed by atoms with van der Waals surface area (Å²) in [5.74, 6) is -1.73. The zero-order valence-corrected chi connectivity index (χ0v) is 52.9. The number of fused-ring (bicyclic) bond motifs is 1. The number of carbonyl (C=O) groups is 6. The summed E-state index contributed by atoms with van der Waals surface area (Å²) in [5.41, 5.74) is 3.32. The minimum absolute atomic E-state index is 0.0729. The Labute approximate surface area is 496 Å². The molecule has 1 heterocycles. The topological polar surface area (TPSA) is 176 Å². The third-order valence-corrected chi connectivity index (χ3v) is 16.0. The molecule has 0 aliphatic carbocycles. The van der Waals surface area contributed by atoms with Crippen molar-refractivity contribution in [2.45, 2.75) is 305 Å². The molecular formula is C68H114O14. The molecule has 0 saturated heterocycles. The normalized spacial score (nSPS) is 12.9. The maximum Gasteiger partial charge on any atom is 0.342 e. The third kappa shape index (κ3) is 34.2. The van der Waals surface area contributed by atoms with Crippen LogP contribution in [-0.4, -0.2) is 76.1 Å². The molecule has 0 amide bonds. The summed E-state index contributed by atoms with van der Waals surface area (Å²) in [4.78, 5) is 76.5. The number of ether oxygens (including phenoxy) is 8. The number of methoxy groups -OCH3 is 2. The predicted molar refractivity (Wildman–Crippen MR) is 325 cm³/mol. The summed E-state index contributed by atoms with van der Waals surface area (Å²) in [6.07, 6.45) is 41.0. The molecule has 82 heavy (non-hydrogen) atoms. The standard InChI is InChI=1S/C68H114O14/c1-9-11-13-15-17-19-21-23-25-27-29-34-38-42-61(70)77-49-57(50-78-62(71)43-39-35-30-28-26-24-22-20-18-16-14-12-10-2)82-63(72)48-54(4)40-36-32-31-33-37-41-55(5)67(73)81-52-80-66-58(46-44-53(3)45-47-60(69)75-7)65(76-8)56(6)59-51-79-68(74)64(59)66/h44,54-55,57H,9-43,45-52H2,1-8H3/b53-44+. The number of rotatable bonds is 53. The Morgan fingerprint density at radius 1 is 0.549 bits per heavy atom. The molecule has 0 aromatic heterocycles. The van der Waals surface area contributed by atoms with Gasteiger partial charge in [-0.2, -0.15) is 0 Å². The summed E-state index contributed by atoms with van der Waals surface area (Å²) in [5, 5.41) is 0. The van der Waals surface area contributed by atoms with E-state index in [1.807, 2.05) is 33.8 Å². The lowest BCUT2D eigenvalue weighted by atomic mass is 9.94. The monoisotopic (exact) mass is 1150 g/mol. The van der Waals surface area contributed by atoms with Crippen LogP contribution in [0.5, 0.6) is 11.5 Å². The maximum atomic E-state index is 13.2. The van der Waals surface area contributed by atoms with E-state index < -0.39 is 24.0 Å². The van der Waals surface area contributed by atoms with Gasteiger partial charge in [-0.3, -0.25) is 24.0 Å². The number of hydrogen-bond acceptors (Lipinski definition) is 14. The van der Waals surface area contributed by atoms with E-state index in [1.165, 1.54) is 136 Å². The van der Waals surface area contributed by atoms with Crippen LogP contribution in [0.2, 0.25) is 0 Å². The average molecular weight is 1160 g/mol. The second kappa shape index (κ2) is 47.7. The Morgan fingerprint density at radius 2 is 1.01 bits per heavy atom. The molecule has 1 aliphatic rings. The first kappa shape index (κ1) is 73.5. The number of cyclic esters (lactones) is 1. The zero-order valence-electron chi connectivity index (χ0n) is 52.9. The highest BCUT2D eigenvalue weighted by atomic mass is 16.7. The fourth-order valence-electron chi connectivity index (χ4n) is 10.7. The molecule has 0 fully saturated rings. The molecule has 2 unspecified atom stereocenters. The van der Waals surface area contributed by atoms with Crippen LogP contribution in [0, 0.1) is 18.8 Å². The highest BCUT2D eigenvalue weighted by Crippen LogP contribution is 2.43. The lowest BCUT2D eigenvalue weighted by molar-refractivity contribution is -0.167. The summed E-state index contributed by atoms with van der Waals surface area (Å²) < 4.78 is 44.6. The predicted octanol–water partition coefficient (Wildman–Crippen LogP) is 17.3. The molecule has 470 valence electrons. The van der Waals surface area contributed by atoms with E-state index in [-0.39, 0.29) is 74.9 Å². The second-order valence-corrected chi connectivity index (χ2v) is 23.5. The zero-order chi connectivity index (χ0) is 60.0. The van der Waals surface area contributed by atoms with E-state index in [1.54, 1.807) is 7.11 Å². The van der Waals surface area contributed by atoms with Crippen LogP contribution in [0.25, 0.3) is 0 Å². The fourth-order valence-corrected chi connectivity index (χ4v) is 10.7. The minimum Gasteiger partial charge on any atom is -0.496 e. The third-order valence-electron chi connectivity index (χ3n) is 16.0. The van der Waals surface area contributed by atoms with Crippen LogP contribution in [-0.2, 0) is 65.4 Å². The average Bonchev–Trinajstić information content (AvgIpc) is 4.06. The maximum absolute atomic E-state index is 13.2. The van der Waals surface area contributed by atoms with Crippen molar-refractivity contribution in [1.82, 2.24) is 0 Å². The number of benzene rings is 1. The number of hydrogen-bond donors (Lipinski definition) is 0. The Balaban J connectivity index is 1.76. The second-order valence-electron chi connectivity index (χ2n) is 23.5. The van der Waals surface area contributed by atoms with E-state index >= 15 is 0 Å². The van der Waals surface area contributed by atoms with Gasteiger partial charge in [0.2, 0.25) is 6.79 Å². The van der Waals surface area contributed by atoms with Gasteiger partial charge in [0, 0.05) is 36.8 Å². The quantitative estimate of drug-likeness (QED) is 0.0198. The molecule has 0 saturated carbocycles. The molecular weight excluding hydrogens is 1040 g/mol. The molecule has 0 bridgehead atoms. The van der Waals surface area contributed by atoms with Crippen molar-refractivity contribution in [3.63, 3.8) is 0 Å². The first-order valence-corrected chi connectivity index (χ1v) is 32.7. The first-order valence-electron chi connectivity index (χ1n) is 32.7. The van der Waals surface area contributed by atoms with Gasteiger partial charge in [-0.1, -0.05) is 232 Å². The van der Waals surface area contributed by atoms with Crippen molar-refractivity contribution >= 4 is 35.8 Å². The number of allylic oxidation sites excluding steroid dienone is 2. The van der Waals surface area contributed by atoms with Gasteiger partial charge in [0.15, 0.2) is 6.10 Å².